The molecule has 1 aromatic heterocycles. The molecule has 4 nitrogen and oxygen atoms in total. The van der Waals surface area contributed by atoms with E-state index < -0.39 is 0 Å². The summed E-state index contributed by atoms with van der Waals surface area (Å²) in [6, 6.07) is 0. The number of nitrogens with zero attached hydrogens (tertiary/aromatic N) is 2. The molecule has 1 aromatic rings. The van der Waals surface area contributed by atoms with Gasteiger partial charge in [0, 0.05) is 25.2 Å². The van der Waals surface area contributed by atoms with E-state index in [1.807, 2.05) is 0 Å². The van der Waals surface area contributed by atoms with Crippen LogP contribution < -0.4 is 4.74 Å². The molecule has 0 atom stereocenters. The zero-order valence-electron chi connectivity index (χ0n) is 8.27. The van der Waals surface area contributed by atoms with Gasteiger partial charge in [0.05, 0.1) is 13.3 Å². The van der Waals surface area contributed by atoms with E-state index in [-0.39, 0.29) is 0 Å². The van der Waals surface area contributed by atoms with Crippen molar-refractivity contribution in [2.24, 2.45) is 0 Å². The number of ether oxygens (including phenoxy) is 1. The molecule has 4 heteroatoms. The highest BCUT2D eigenvalue weighted by atomic mass is 16.5. The fraction of sp³-hybridized carbons (Fsp3) is 0.500. The van der Waals surface area contributed by atoms with Crippen LogP contribution in [-0.4, -0.2) is 22.9 Å². The molecule has 14 heavy (non-hydrogen) atoms. The third-order valence-corrected chi connectivity index (χ3v) is 1.91. The second-order valence-corrected chi connectivity index (χ2v) is 2.99. The molecule has 0 aromatic carbocycles. The maximum absolute atomic E-state index is 10.2. The van der Waals surface area contributed by atoms with E-state index >= 15 is 0 Å². The van der Waals surface area contributed by atoms with Gasteiger partial charge < -0.3 is 4.74 Å². The van der Waals surface area contributed by atoms with Crippen LogP contribution in [0, 0.1) is 0 Å². The largest absolute Gasteiger partial charge is 0.480 e. The summed E-state index contributed by atoms with van der Waals surface area (Å²) >= 11 is 0. The van der Waals surface area contributed by atoms with Gasteiger partial charge in [0.15, 0.2) is 0 Å². The zero-order valence-corrected chi connectivity index (χ0v) is 8.27. The lowest BCUT2D eigenvalue weighted by Gasteiger charge is -1.91. The molecule has 1 aliphatic carbocycles. The van der Waals surface area contributed by atoms with E-state index in [1.54, 1.807) is 25.7 Å². The van der Waals surface area contributed by atoms with Crippen LogP contribution in [0.4, 0.5) is 0 Å². The number of aromatic nitrogens is 2. The summed E-state index contributed by atoms with van der Waals surface area (Å²) in [5.74, 6) is 1.00. The van der Waals surface area contributed by atoms with E-state index in [0.717, 1.165) is 25.7 Å². The number of Topliss-reactive ketones (excluding diaryl/α,β-unsaturated/α-hetero) is 1. The van der Waals surface area contributed by atoms with Crippen LogP contribution in [0.5, 0.6) is 5.88 Å². The summed E-state index contributed by atoms with van der Waals surface area (Å²) in [6.45, 7) is 0. The van der Waals surface area contributed by atoms with Crippen molar-refractivity contribution in [2.45, 2.75) is 25.7 Å². The molecule has 0 N–H and O–H groups in total. The second-order valence-electron chi connectivity index (χ2n) is 2.99. The molecule has 2 rings (SSSR count). The number of methoxy groups -OCH3 is 1. The predicted octanol–water partition coefficient (Wildman–Crippen LogP) is 1.61. The number of hydrogen-bond donors (Lipinski definition) is 0. The molecule has 0 amide bonds. The fourth-order valence-electron chi connectivity index (χ4n) is 1.16. The van der Waals surface area contributed by atoms with Crippen molar-refractivity contribution in [3.8, 4) is 5.88 Å². The minimum absolute atomic E-state index is 0.454. The normalized spacial score (nSPS) is 14.5. The number of carbonyl (C=O) groups excluding carboxylic acids is 1. The van der Waals surface area contributed by atoms with E-state index in [1.165, 1.54) is 0 Å². The van der Waals surface area contributed by atoms with Gasteiger partial charge in [-0.3, -0.25) is 9.78 Å². The Morgan fingerprint density at radius 1 is 1.29 bits per heavy atom. The van der Waals surface area contributed by atoms with Gasteiger partial charge in [-0.05, 0) is 12.8 Å². The van der Waals surface area contributed by atoms with E-state index in [0.29, 0.717) is 11.7 Å². The topological polar surface area (TPSA) is 52.1 Å². The standard InChI is InChI=1S/C5H6N2O.C5H8O/c1-8-5-4-6-2-3-7-5;6-5-3-1-2-4-5/h2-4H,1H3;1-4H2. The van der Waals surface area contributed by atoms with Gasteiger partial charge in [-0.1, -0.05) is 0 Å². The maximum Gasteiger partial charge on any atom is 0.231 e. The Kier molecular flexibility index (Phi) is 4.61. The molecule has 1 aliphatic rings. The Morgan fingerprint density at radius 2 is 2.00 bits per heavy atom. The van der Waals surface area contributed by atoms with E-state index in [2.05, 4.69) is 9.97 Å². The lowest BCUT2D eigenvalue weighted by atomic mass is 10.4. The Labute approximate surface area is 83.3 Å². The Bertz CT molecular complexity index is 267. The van der Waals surface area contributed by atoms with Gasteiger partial charge in [-0.2, -0.15) is 0 Å². The lowest BCUT2D eigenvalue weighted by Crippen LogP contribution is -1.85. The number of carbonyl (C=O) groups is 1. The molecule has 0 radical (unpaired) electrons. The molecule has 0 unspecified atom stereocenters. The third-order valence-electron chi connectivity index (χ3n) is 1.91. The molecule has 0 aliphatic heterocycles. The Balaban J connectivity index is 0.000000146. The van der Waals surface area contributed by atoms with Crippen molar-refractivity contribution >= 4 is 5.78 Å². The predicted molar refractivity (Wildman–Crippen MR) is 52.1 cm³/mol. The van der Waals surface area contributed by atoms with Crippen molar-refractivity contribution in [1.29, 1.82) is 0 Å². The van der Waals surface area contributed by atoms with Crippen LogP contribution in [0.15, 0.2) is 18.6 Å². The van der Waals surface area contributed by atoms with Gasteiger partial charge in [-0.15, -0.1) is 0 Å². The van der Waals surface area contributed by atoms with E-state index in [9.17, 15) is 4.79 Å². The maximum atomic E-state index is 10.2. The molecule has 0 spiro atoms. The van der Waals surface area contributed by atoms with Gasteiger partial charge in [-0.25, -0.2) is 4.98 Å². The molecule has 1 heterocycles. The van der Waals surface area contributed by atoms with Gasteiger partial charge in [0.25, 0.3) is 0 Å². The fourth-order valence-corrected chi connectivity index (χ4v) is 1.16. The molecule has 76 valence electrons. The first-order valence-electron chi connectivity index (χ1n) is 4.64. The first kappa shape index (κ1) is 10.6. The minimum Gasteiger partial charge on any atom is -0.480 e. The average molecular weight is 194 g/mol. The van der Waals surface area contributed by atoms with Crippen LogP contribution in [0.25, 0.3) is 0 Å². The summed E-state index contributed by atoms with van der Waals surface area (Å²) in [6.07, 6.45) is 8.71. The first-order chi connectivity index (χ1) is 6.83. The minimum atomic E-state index is 0.454. The van der Waals surface area contributed by atoms with E-state index in [4.69, 9.17) is 4.74 Å². The molecule has 0 saturated heterocycles. The summed E-state index contributed by atoms with van der Waals surface area (Å²) in [5, 5.41) is 0. The Morgan fingerprint density at radius 3 is 2.29 bits per heavy atom. The molecule has 1 fully saturated rings. The SMILES string of the molecule is COc1cnccn1.O=C1CCCC1. The van der Waals surface area contributed by atoms with Crippen LogP contribution in [-0.2, 0) is 4.79 Å². The molecular weight excluding hydrogens is 180 g/mol. The highest BCUT2D eigenvalue weighted by molar-refractivity contribution is 5.79. The Hall–Kier alpha value is -1.45. The van der Waals surface area contributed by atoms with Gasteiger partial charge in [0.2, 0.25) is 5.88 Å². The molecule has 0 bridgehead atoms. The van der Waals surface area contributed by atoms with Crippen molar-refractivity contribution in [3.63, 3.8) is 0 Å². The highest BCUT2D eigenvalue weighted by Crippen LogP contribution is 2.11. The van der Waals surface area contributed by atoms with Crippen molar-refractivity contribution in [2.75, 3.05) is 7.11 Å². The van der Waals surface area contributed by atoms with Crippen molar-refractivity contribution < 1.29 is 9.53 Å². The summed E-state index contributed by atoms with van der Waals surface area (Å²) < 4.78 is 4.74. The zero-order chi connectivity index (χ0) is 10.2. The second kappa shape index (κ2) is 6.07. The third kappa shape index (κ3) is 3.98. The summed E-state index contributed by atoms with van der Waals surface area (Å²) in [7, 11) is 1.56. The lowest BCUT2D eigenvalue weighted by molar-refractivity contribution is -0.117. The number of hydrogen-bond acceptors (Lipinski definition) is 4. The van der Waals surface area contributed by atoms with Gasteiger partial charge in [0.1, 0.15) is 5.78 Å². The van der Waals surface area contributed by atoms with Gasteiger partial charge >= 0.3 is 0 Å². The van der Waals surface area contributed by atoms with Crippen molar-refractivity contribution in [1.82, 2.24) is 9.97 Å². The first-order valence-corrected chi connectivity index (χ1v) is 4.64. The number of rotatable bonds is 1. The molecular formula is C10H14N2O2. The van der Waals surface area contributed by atoms with Crippen LogP contribution >= 0.6 is 0 Å². The quantitative estimate of drug-likeness (QED) is 0.681. The van der Waals surface area contributed by atoms with Crippen LogP contribution in [0.1, 0.15) is 25.7 Å². The average Bonchev–Trinajstić information content (AvgIpc) is 2.71. The number of ketones is 1. The monoisotopic (exact) mass is 194 g/mol. The van der Waals surface area contributed by atoms with Crippen LogP contribution in [0.2, 0.25) is 0 Å². The molecule has 1 saturated carbocycles. The van der Waals surface area contributed by atoms with Crippen LogP contribution in [0.3, 0.4) is 0 Å². The van der Waals surface area contributed by atoms with Crippen molar-refractivity contribution in [3.05, 3.63) is 18.6 Å². The highest BCUT2D eigenvalue weighted by Gasteiger charge is 2.07. The summed E-state index contributed by atoms with van der Waals surface area (Å²) in [4.78, 5) is 17.8. The summed E-state index contributed by atoms with van der Waals surface area (Å²) in [5.41, 5.74) is 0. The smallest absolute Gasteiger partial charge is 0.231 e.